The monoisotopic (exact) mass is 264 g/mol. The van der Waals surface area contributed by atoms with E-state index in [-0.39, 0.29) is 0 Å². The van der Waals surface area contributed by atoms with E-state index in [4.69, 9.17) is 0 Å². The molecule has 0 heterocycles. The van der Waals surface area contributed by atoms with Gasteiger partial charge >= 0.3 is 0 Å². The van der Waals surface area contributed by atoms with Crippen molar-refractivity contribution in [3.63, 3.8) is 0 Å². The number of benzene rings is 1. The third-order valence-corrected chi connectivity index (χ3v) is 3.10. The molecule has 0 saturated heterocycles. The Morgan fingerprint density at radius 3 is 3.00 bits per heavy atom. The third kappa shape index (κ3) is 2.37. The molecule has 0 fully saturated rings. The van der Waals surface area contributed by atoms with Gasteiger partial charge in [-0.2, -0.15) is 0 Å². The number of allylic oxidation sites excluding steroid dienone is 1. The Hall–Kier alpha value is -0.890. The van der Waals surface area contributed by atoms with Crippen LogP contribution in [-0.2, 0) is 6.42 Å². The minimum absolute atomic E-state index is 0.292. The fraction of sp³-hybridized carbons (Fsp3) is 0.308. The highest BCUT2D eigenvalue weighted by molar-refractivity contribution is 9.09. The van der Waals surface area contributed by atoms with Gasteiger partial charge in [0.1, 0.15) is 0 Å². The van der Waals surface area contributed by atoms with Crippen molar-refractivity contribution in [2.45, 2.75) is 19.3 Å². The van der Waals surface area contributed by atoms with Crippen molar-refractivity contribution >= 4 is 27.8 Å². The Balaban J connectivity index is 2.22. The first-order chi connectivity index (χ1) is 7.31. The fourth-order valence-corrected chi connectivity index (χ4v) is 2.10. The molecule has 0 aliphatic heterocycles. The van der Waals surface area contributed by atoms with Gasteiger partial charge in [-0.15, -0.1) is 0 Å². The highest BCUT2D eigenvalue weighted by atomic mass is 79.9. The standard InChI is InChI=1S/C13H13BrO/c14-8-2-1-3-10-4-5-11-6-7-13(15)12(11)9-10/h1,3-5,9H,2,6-8H2. The van der Waals surface area contributed by atoms with Gasteiger partial charge in [-0.1, -0.05) is 40.2 Å². The van der Waals surface area contributed by atoms with Crippen LogP contribution in [0.25, 0.3) is 6.08 Å². The summed E-state index contributed by atoms with van der Waals surface area (Å²) < 4.78 is 0. The van der Waals surface area contributed by atoms with Gasteiger partial charge in [-0.25, -0.2) is 0 Å². The van der Waals surface area contributed by atoms with Gasteiger partial charge in [0, 0.05) is 17.3 Å². The molecule has 0 aromatic heterocycles. The number of hydrogen-bond acceptors (Lipinski definition) is 1. The summed E-state index contributed by atoms with van der Waals surface area (Å²) in [4.78, 5) is 11.5. The Kier molecular flexibility index (Phi) is 3.37. The first kappa shape index (κ1) is 10.6. The molecule has 1 aliphatic carbocycles. The van der Waals surface area contributed by atoms with Gasteiger partial charge in [0.25, 0.3) is 0 Å². The van der Waals surface area contributed by atoms with Crippen LogP contribution in [0, 0.1) is 0 Å². The zero-order valence-corrected chi connectivity index (χ0v) is 10.1. The Morgan fingerprint density at radius 1 is 1.33 bits per heavy atom. The predicted molar refractivity (Wildman–Crippen MR) is 66.5 cm³/mol. The van der Waals surface area contributed by atoms with Crippen LogP contribution in [0.5, 0.6) is 0 Å². The van der Waals surface area contributed by atoms with Crippen molar-refractivity contribution in [3.8, 4) is 0 Å². The van der Waals surface area contributed by atoms with Crippen molar-refractivity contribution in [2.24, 2.45) is 0 Å². The molecule has 0 atom stereocenters. The summed E-state index contributed by atoms with van der Waals surface area (Å²) in [5, 5.41) is 0.980. The van der Waals surface area contributed by atoms with E-state index in [0.29, 0.717) is 12.2 Å². The normalized spacial score (nSPS) is 14.9. The fourth-order valence-electron chi connectivity index (χ4n) is 1.84. The van der Waals surface area contributed by atoms with Gasteiger partial charge in [0.15, 0.2) is 5.78 Å². The lowest BCUT2D eigenvalue weighted by atomic mass is 10.1. The summed E-state index contributed by atoms with van der Waals surface area (Å²) >= 11 is 3.38. The van der Waals surface area contributed by atoms with Crippen LogP contribution in [0.2, 0.25) is 0 Å². The molecule has 0 amide bonds. The van der Waals surface area contributed by atoms with E-state index < -0.39 is 0 Å². The molecule has 0 bridgehead atoms. The van der Waals surface area contributed by atoms with Gasteiger partial charge in [-0.3, -0.25) is 4.79 Å². The SMILES string of the molecule is O=C1CCc2ccc(C=CCCBr)cc21. The number of halogens is 1. The minimum atomic E-state index is 0.292. The quantitative estimate of drug-likeness (QED) is 0.763. The molecule has 0 radical (unpaired) electrons. The summed E-state index contributed by atoms with van der Waals surface area (Å²) in [6.07, 6.45) is 6.82. The maximum Gasteiger partial charge on any atom is 0.163 e. The van der Waals surface area contributed by atoms with E-state index in [1.54, 1.807) is 0 Å². The van der Waals surface area contributed by atoms with Gasteiger partial charge in [0.05, 0.1) is 0 Å². The lowest BCUT2D eigenvalue weighted by molar-refractivity contribution is 0.0994. The molecule has 0 N–H and O–H groups in total. The Bertz CT molecular complexity index is 407. The van der Waals surface area contributed by atoms with Crippen molar-refractivity contribution < 1.29 is 4.79 Å². The number of rotatable bonds is 3. The zero-order chi connectivity index (χ0) is 10.7. The average Bonchev–Trinajstić information content (AvgIpc) is 2.61. The minimum Gasteiger partial charge on any atom is -0.294 e. The number of carbonyl (C=O) groups excluding carboxylic acids is 1. The Morgan fingerprint density at radius 2 is 2.20 bits per heavy atom. The molecule has 1 aromatic rings. The van der Waals surface area contributed by atoms with E-state index in [2.05, 4.69) is 40.2 Å². The van der Waals surface area contributed by atoms with Crippen molar-refractivity contribution in [3.05, 3.63) is 41.0 Å². The van der Waals surface area contributed by atoms with Crippen LogP contribution in [0.1, 0.15) is 34.3 Å². The van der Waals surface area contributed by atoms with Crippen LogP contribution < -0.4 is 0 Å². The van der Waals surface area contributed by atoms with Crippen LogP contribution >= 0.6 is 15.9 Å². The smallest absolute Gasteiger partial charge is 0.163 e. The highest BCUT2D eigenvalue weighted by Crippen LogP contribution is 2.23. The number of alkyl halides is 1. The lowest BCUT2D eigenvalue weighted by Gasteiger charge is -1.99. The molecule has 15 heavy (non-hydrogen) atoms. The molecule has 0 saturated carbocycles. The molecule has 1 nitrogen and oxygen atoms in total. The number of ketones is 1. The van der Waals surface area contributed by atoms with E-state index >= 15 is 0 Å². The molecule has 2 rings (SSSR count). The van der Waals surface area contributed by atoms with Gasteiger partial charge in [0.2, 0.25) is 0 Å². The van der Waals surface area contributed by atoms with E-state index in [0.717, 1.165) is 29.3 Å². The van der Waals surface area contributed by atoms with Gasteiger partial charge < -0.3 is 0 Å². The maximum absolute atomic E-state index is 11.5. The molecule has 2 heteroatoms. The Labute approximate surface area is 98.3 Å². The van der Waals surface area contributed by atoms with Crippen molar-refractivity contribution in [2.75, 3.05) is 5.33 Å². The topological polar surface area (TPSA) is 17.1 Å². The molecule has 1 aliphatic rings. The second-order valence-electron chi connectivity index (χ2n) is 3.72. The molecule has 78 valence electrons. The lowest BCUT2D eigenvalue weighted by Crippen LogP contribution is -1.91. The van der Waals surface area contributed by atoms with Gasteiger partial charge in [-0.05, 0) is 30.0 Å². The second kappa shape index (κ2) is 4.75. The zero-order valence-electron chi connectivity index (χ0n) is 8.50. The number of hydrogen-bond donors (Lipinski definition) is 0. The summed E-state index contributed by atoms with van der Waals surface area (Å²) in [7, 11) is 0. The first-order valence-electron chi connectivity index (χ1n) is 5.20. The number of carbonyl (C=O) groups is 1. The van der Waals surface area contributed by atoms with E-state index in [1.165, 1.54) is 5.56 Å². The molecular formula is C13H13BrO. The molecule has 1 aromatic carbocycles. The number of aryl methyl sites for hydroxylation is 1. The van der Waals surface area contributed by atoms with E-state index in [9.17, 15) is 4.79 Å². The highest BCUT2D eigenvalue weighted by Gasteiger charge is 2.18. The first-order valence-corrected chi connectivity index (χ1v) is 6.32. The van der Waals surface area contributed by atoms with E-state index in [1.807, 2.05) is 6.07 Å². The molecular weight excluding hydrogens is 252 g/mol. The van der Waals surface area contributed by atoms with Crippen molar-refractivity contribution in [1.29, 1.82) is 0 Å². The number of fused-ring (bicyclic) bond motifs is 1. The largest absolute Gasteiger partial charge is 0.294 e. The van der Waals surface area contributed by atoms with Crippen LogP contribution in [0.15, 0.2) is 24.3 Å². The molecule has 0 spiro atoms. The van der Waals surface area contributed by atoms with Crippen molar-refractivity contribution in [1.82, 2.24) is 0 Å². The molecule has 0 unspecified atom stereocenters. The number of Topliss-reactive ketones (excluding diaryl/α,β-unsaturated/α-hetero) is 1. The summed E-state index contributed by atoms with van der Waals surface area (Å²) in [6.45, 7) is 0. The third-order valence-electron chi connectivity index (χ3n) is 2.64. The second-order valence-corrected chi connectivity index (χ2v) is 4.51. The predicted octanol–water partition coefficient (Wildman–Crippen LogP) is 3.61. The average molecular weight is 265 g/mol. The van der Waals surface area contributed by atoms with Crippen LogP contribution in [0.4, 0.5) is 0 Å². The summed E-state index contributed by atoms with van der Waals surface area (Å²) in [6, 6.07) is 6.17. The summed E-state index contributed by atoms with van der Waals surface area (Å²) in [5.74, 6) is 0.292. The summed E-state index contributed by atoms with van der Waals surface area (Å²) in [5.41, 5.74) is 3.26. The van der Waals surface area contributed by atoms with Crippen LogP contribution in [-0.4, -0.2) is 11.1 Å². The van der Waals surface area contributed by atoms with Crippen LogP contribution in [0.3, 0.4) is 0 Å². The maximum atomic E-state index is 11.5.